The van der Waals surface area contributed by atoms with Gasteiger partial charge in [-0.3, -0.25) is 4.79 Å². The van der Waals surface area contributed by atoms with E-state index in [1.807, 2.05) is 0 Å². The maximum Gasteiger partial charge on any atom is 0.460 e. The Kier molecular flexibility index (Phi) is 5.92. The molecule has 0 N–H and O–H groups in total. The van der Waals surface area contributed by atoms with Gasteiger partial charge in [-0.1, -0.05) is 28.1 Å². The van der Waals surface area contributed by atoms with Crippen molar-refractivity contribution in [3.63, 3.8) is 0 Å². The van der Waals surface area contributed by atoms with Crippen LogP contribution in [0.5, 0.6) is 0 Å². The van der Waals surface area contributed by atoms with Crippen LogP contribution < -0.4 is 0 Å². The lowest BCUT2D eigenvalue weighted by atomic mass is 9.90. The van der Waals surface area contributed by atoms with Crippen LogP contribution >= 0.6 is 15.9 Å². The van der Waals surface area contributed by atoms with E-state index in [9.17, 15) is 61.9 Å². The van der Waals surface area contributed by atoms with E-state index < -0.39 is 47.1 Å². The molecule has 0 heterocycles. The zero-order valence-electron chi connectivity index (χ0n) is 12.5. The first kappa shape index (κ1) is 24.5. The molecule has 0 amide bonds. The summed E-state index contributed by atoms with van der Waals surface area (Å²) >= 11 is 2.73. The Morgan fingerprint density at radius 1 is 0.607 bits per heavy atom. The van der Waals surface area contributed by atoms with E-state index >= 15 is 0 Å². The Labute approximate surface area is 154 Å². The molecule has 160 valence electrons. The Bertz CT molecular complexity index is 736. The summed E-state index contributed by atoms with van der Waals surface area (Å²) in [5, 5.41) is 0. The van der Waals surface area contributed by atoms with Gasteiger partial charge in [0.15, 0.2) is 0 Å². The number of carbonyl (C=O) groups is 1. The van der Waals surface area contributed by atoms with Gasteiger partial charge < -0.3 is 0 Å². The molecule has 0 fully saturated rings. The van der Waals surface area contributed by atoms with Crippen molar-refractivity contribution >= 4 is 21.7 Å². The summed E-state index contributed by atoms with van der Waals surface area (Å²) < 4.78 is 168. The van der Waals surface area contributed by atoms with Gasteiger partial charge in [0.1, 0.15) is 0 Å². The van der Waals surface area contributed by atoms with Gasteiger partial charge in [-0.2, -0.15) is 57.1 Å². The first-order valence-electron chi connectivity index (χ1n) is 6.42. The average Bonchev–Trinajstić information content (AvgIpc) is 2.53. The van der Waals surface area contributed by atoms with Crippen molar-refractivity contribution in [3.8, 4) is 0 Å². The Morgan fingerprint density at radius 3 is 1.32 bits per heavy atom. The summed E-state index contributed by atoms with van der Waals surface area (Å²) in [6.07, 6.45) is -7.50. The number of benzene rings is 1. The smallest absolute Gasteiger partial charge is 0.287 e. The van der Waals surface area contributed by atoms with Gasteiger partial charge in [0.05, 0.1) is 0 Å². The Balaban J connectivity index is 3.52. The molecule has 28 heavy (non-hydrogen) atoms. The number of hydrogen-bond acceptors (Lipinski definition) is 1. The molecule has 1 rings (SSSR count). The fourth-order valence-electron chi connectivity index (χ4n) is 1.69. The summed E-state index contributed by atoms with van der Waals surface area (Å²) in [4.78, 5) is 11.4. The van der Waals surface area contributed by atoms with Crippen molar-refractivity contribution < 1.29 is 61.9 Å². The standard InChI is InChI=1S/C13H4BrF13O/c14-6-3-1-5(2-4-6)7(28)8(15,16)9(17,18)10(19,20)11(21,22)12(23,24)13(25,26)27/h1-4H. The van der Waals surface area contributed by atoms with Crippen LogP contribution in [0.4, 0.5) is 57.1 Å². The summed E-state index contributed by atoms with van der Waals surface area (Å²) in [5.74, 6) is -41.5. The van der Waals surface area contributed by atoms with Crippen LogP contribution in [0.25, 0.3) is 0 Å². The van der Waals surface area contributed by atoms with Gasteiger partial charge in [-0.25, -0.2) is 0 Å². The number of rotatable bonds is 6. The van der Waals surface area contributed by atoms with Crippen LogP contribution in [0.3, 0.4) is 0 Å². The number of alkyl halides is 13. The van der Waals surface area contributed by atoms with Crippen LogP contribution in [0.15, 0.2) is 28.7 Å². The molecule has 0 aliphatic rings. The highest BCUT2D eigenvalue weighted by Crippen LogP contribution is 2.60. The van der Waals surface area contributed by atoms with Crippen molar-refractivity contribution in [2.24, 2.45) is 0 Å². The molecule has 1 aromatic rings. The van der Waals surface area contributed by atoms with Gasteiger partial charge >= 0.3 is 35.8 Å². The molecule has 0 bridgehead atoms. The molecule has 0 radical (unpaired) electrons. The summed E-state index contributed by atoms with van der Waals surface area (Å²) in [6.45, 7) is 0. The fraction of sp³-hybridized carbons (Fsp3) is 0.462. The molecule has 0 unspecified atom stereocenters. The molecule has 0 aliphatic carbocycles. The van der Waals surface area contributed by atoms with Gasteiger partial charge in [-0.05, 0) is 12.1 Å². The first-order chi connectivity index (χ1) is 12.2. The second-order valence-electron chi connectivity index (χ2n) is 5.21. The molecule has 0 saturated carbocycles. The van der Waals surface area contributed by atoms with Crippen molar-refractivity contribution in [3.05, 3.63) is 34.3 Å². The monoisotopic (exact) mass is 502 g/mol. The Morgan fingerprint density at radius 2 is 0.964 bits per heavy atom. The lowest BCUT2D eigenvalue weighted by molar-refractivity contribution is -0.435. The SMILES string of the molecule is O=C(c1ccc(Br)cc1)C(F)(F)C(F)(F)C(F)(F)C(F)(F)C(F)(F)C(F)(F)F. The average molecular weight is 503 g/mol. The van der Waals surface area contributed by atoms with E-state index in [1.165, 1.54) is 0 Å². The number of Topliss-reactive ketones (excluding diaryl/α,β-unsaturated/α-hetero) is 1. The highest BCUT2D eigenvalue weighted by Gasteiger charge is 2.91. The number of carbonyl (C=O) groups excluding carboxylic acids is 1. The minimum Gasteiger partial charge on any atom is -0.287 e. The van der Waals surface area contributed by atoms with Crippen LogP contribution in [0, 0.1) is 0 Å². The number of halogens is 14. The van der Waals surface area contributed by atoms with E-state index in [0.717, 1.165) is 12.1 Å². The third-order valence-electron chi connectivity index (χ3n) is 3.32. The molecular formula is C13H4BrF13O. The molecule has 1 nitrogen and oxygen atoms in total. The zero-order chi connectivity index (χ0) is 22.6. The molecule has 15 heteroatoms. The van der Waals surface area contributed by atoms with Gasteiger partial charge in [-0.15, -0.1) is 0 Å². The molecule has 0 spiro atoms. The van der Waals surface area contributed by atoms with Crippen molar-refractivity contribution in [2.75, 3.05) is 0 Å². The van der Waals surface area contributed by atoms with Gasteiger partial charge in [0, 0.05) is 10.0 Å². The van der Waals surface area contributed by atoms with Crippen LogP contribution in [0.2, 0.25) is 0 Å². The van der Waals surface area contributed by atoms with Crippen molar-refractivity contribution in [1.29, 1.82) is 0 Å². The van der Waals surface area contributed by atoms with Crippen molar-refractivity contribution in [2.45, 2.75) is 35.8 Å². The number of hydrogen-bond donors (Lipinski definition) is 0. The lowest BCUT2D eigenvalue weighted by Crippen LogP contribution is -2.71. The quantitative estimate of drug-likeness (QED) is 0.326. The largest absolute Gasteiger partial charge is 0.460 e. The van der Waals surface area contributed by atoms with E-state index in [2.05, 4.69) is 15.9 Å². The maximum absolute atomic E-state index is 13.6. The normalized spacial score (nSPS) is 14.9. The third-order valence-corrected chi connectivity index (χ3v) is 3.85. The summed E-state index contributed by atoms with van der Waals surface area (Å²) in [7, 11) is 0. The van der Waals surface area contributed by atoms with E-state index in [0.29, 0.717) is 12.1 Å². The molecule has 0 aromatic heterocycles. The van der Waals surface area contributed by atoms with E-state index in [-0.39, 0.29) is 4.47 Å². The first-order valence-corrected chi connectivity index (χ1v) is 7.21. The fourth-order valence-corrected chi connectivity index (χ4v) is 1.96. The minimum absolute atomic E-state index is 0.0702. The summed E-state index contributed by atoms with van der Waals surface area (Å²) in [5.41, 5.74) is -1.44. The summed E-state index contributed by atoms with van der Waals surface area (Å²) in [6, 6.07) is 2.26. The molecule has 0 atom stereocenters. The van der Waals surface area contributed by atoms with E-state index in [1.54, 1.807) is 0 Å². The third kappa shape index (κ3) is 3.34. The van der Waals surface area contributed by atoms with Crippen LogP contribution in [-0.2, 0) is 0 Å². The molecule has 1 aromatic carbocycles. The maximum atomic E-state index is 13.6. The van der Waals surface area contributed by atoms with E-state index in [4.69, 9.17) is 0 Å². The molecule has 0 aliphatic heterocycles. The molecule has 0 saturated heterocycles. The van der Waals surface area contributed by atoms with Crippen LogP contribution in [0.1, 0.15) is 10.4 Å². The predicted octanol–water partition coefficient (Wildman–Crippen LogP) is 6.37. The van der Waals surface area contributed by atoms with Crippen LogP contribution in [-0.4, -0.2) is 41.6 Å². The predicted molar refractivity (Wildman–Crippen MR) is 69.3 cm³/mol. The molecular weight excluding hydrogens is 499 g/mol. The number of ketones is 1. The highest BCUT2D eigenvalue weighted by molar-refractivity contribution is 9.10. The van der Waals surface area contributed by atoms with Gasteiger partial charge in [0.2, 0.25) is 5.78 Å². The Hall–Kier alpha value is -1.54. The zero-order valence-corrected chi connectivity index (χ0v) is 14.1. The lowest BCUT2D eigenvalue weighted by Gasteiger charge is -2.39. The van der Waals surface area contributed by atoms with Crippen molar-refractivity contribution in [1.82, 2.24) is 0 Å². The topological polar surface area (TPSA) is 17.1 Å². The highest BCUT2D eigenvalue weighted by atomic mass is 79.9. The second-order valence-corrected chi connectivity index (χ2v) is 6.12. The minimum atomic E-state index is -8.04. The second kappa shape index (κ2) is 6.76. The van der Waals surface area contributed by atoms with Gasteiger partial charge in [0.25, 0.3) is 0 Å².